The third-order valence-corrected chi connectivity index (χ3v) is 13.9. The molecule has 5 heterocycles. The van der Waals surface area contributed by atoms with Crippen LogP contribution in [0, 0.1) is 0 Å². The molecule has 0 saturated carbocycles. The molecule has 13 aromatic rings. The average molecular weight is 809 g/mol. The van der Waals surface area contributed by atoms with E-state index in [9.17, 15) is 0 Å². The first-order chi connectivity index (χ1) is 30.7. The lowest BCUT2D eigenvalue weighted by atomic mass is 9.90. The van der Waals surface area contributed by atoms with Crippen molar-refractivity contribution < 1.29 is 4.74 Å². The Labute approximate surface area is 359 Å². The largest absolute Gasteiger partial charge is 0.456 e. The molecule has 9 aromatic carbocycles. The fourth-order valence-electron chi connectivity index (χ4n) is 10.0. The highest BCUT2D eigenvalue weighted by atomic mass is 32.1. The first kappa shape index (κ1) is 33.7. The summed E-state index contributed by atoms with van der Waals surface area (Å²) in [4.78, 5) is 10.7. The molecule has 0 saturated heterocycles. The van der Waals surface area contributed by atoms with Crippen LogP contribution in [0.1, 0.15) is 0 Å². The van der Waals surface area contributed by atoms with Crippen LogP contribution in [0.3, 0.4) is 0 Å². The van der Waals surface area contributed by atoms with E-state index in [1.807, 2.05) is 0 Å². The van der Waals surface area contributed by atoms with Crippen LogP contribution in [0.2, 0.25) is 0 Å². The summed E-state index contributed by atoms with van der Waals surface area (Å²) in [5.41, 5.74) is 13.1. The van der Waals surface area contributed by atoms with E-state index in [-0.39, 0.29) is 0 Å². The zero-order chi connectivity index (χ0) is 40.5. The lowest BCUT2D eigenvalue weighted by Gasteiger charge is -2.23. The zero-order valence-electron chi connectivity index (χ0n) is 33.1. The van der Waals surface area contributed by atoms with E-state index in [0.29, 0.717) is 5.95 Å². The van der Waals surface area contributed by atoms with Crippen molar-refractivity contribution in [1.82, 2.24) is 19.1 Å². The van der Waals surface area contributed by atoms with Crippen LogP contribution < -0.4 is 4.74 Å². The molecule has 0 fully saturated rings. The number of hydrogen-bond acceptors (Lipinski definition) is 4. The molecular formula is C56H32N4OS. The zero-order valence-corrected chi connectivity index (χ0v) is 33.9. The fraction of sp³-hybridized carbons (Fsp3) is 0. The quantitative estimate of drug-likeness (QED) is 0.178. The summed E-state index contributed by atoms with van der Waals surface area (Å²) in [7, 11) is 0. The molecule has 0 amide bonds. The van der Waals surface area contributed by atoms with Gasteiger partial charge in [0, 0.05) is 53.8 Å². The van der Waals surface area contributed by atoms with Gasteiger partial charge < -0.3 is 9.30 Å². The van der Waals surface area contributed by atoms with Crippen molar-refractivity contribution in [3.63, 3.8) is 0 Å². The van der Waals surface area contributed by atoms with Gasteiger partial charge in [-0.05, 0) is 88.8 Å². The summed E-state index contributed by atoms with van der Waals surface area (Å²) in [6.45, 7) is 0. The standard InChI is InChI=1S/C56H32N4OS/c1-3-14-33(15-4-1)53-55-54(39-20-9-12-25-50(39)62-55)58-56(57-53)60-44-22-10-7-18-37(44)41-30-34(26-28-46(41)60)35-27-29-48-42(31-35)43-32-47-51(40-21-13-24-49(61-48)52(40)43)38-19-8-11-23-45(38)59(47)36-16-5-2-6-17-36/h1-32H. The Kier molecular flexibility index (Phi) is 6.92. The molecule has 6 heteroatoms. The molecule has 0 unspecified atom stereocenters. The molecule has 5 nitrogen and oxygen atoms in total. The maximum absolute atomic E-state index is 6.74. The first-order valence-electron chi connectivity index (χ1n) is 20.9. The molecule has 0 bridgehead atoms. The van der Waals surface area contributed by atoms with Crippen molar-refractivity contribution in [2.45, 2.75) is 0 Å². The summed E-state index contributed by atoms with van der Waals surface area (Å²) in [6, 6.07) is 69.4. The predicted molar refractivity (Wildman–Crippen MR) is 257 cm³/mol. The molecule has 14 rings (SSSR count). The van der Waals surface area contributed by atoms with Crippen molar-refractivity contribution in [3.8, 4) is 56.6 Å². The van der Waals surface area contributed by atoms with Gasteiger partial charge in [0.2, 0.25) is 5.95 Å². The Morgan fingerprint density at radius 3 is 1.94 bits per heavy atom. The van der Waals surface area contributed by atoms with E-state index in [4.69, 9.17) is 14.7 Å². The second kappa shape index (κ2) is 12.7. The van der Waals surface area contributed by atoms with Crippen molar-refractivity contribution in [3.05, 3.63) is 194 Å². The van der Waals surface area contributed by atoms with Gasteiger partial charge in [0.25, 0.3) is 0 Å². The molecule has 4 aromatic heterocycles. The number of nitrogens with zero attached hydrogens (tertiary/aromatic N) is 4. The van der Waals surface area contributed by atoms with Gasteiger partial charge in [-0.2, -0.15) is 0 Å². The van der Waals surface area contributed by atoms with E-state index >= 15 is 0 Å². The Morgan fingerprint density at radius 2 is 1.08 bits per heavy atom. The van der Waals surface area contributed by atoms with Crippen molar-refractivity contribution in [2.75, 3.05) is 0 Å². The van der Waals surface area contributed by atoms with E-state index in [1.54, 1.807) is 11.3 Å². The SMILES string of the molecule is c1ccc(-c2nc(-n3c4ccccc4c4cc(-c5ccc6c(c5)-c5cc7c(c8cccc(c58)O6)c5ccccc5n7-c5ccccc5)ccc43)nc3c2sc2ccccc23)cc1. The summed E-state index contributed by atoms with van der Waals surface area (Å²) >= 11 is 1.76. The van der Waals surface area contributed by atoms with Gasteiger partial charge in [-0.25, -0.2) is 9.97 Å². The fourth-order valence-corrected chi connectivity index (χ4v) is 11.2. The smallest absolute Gasteiger partial charge is 0.235 e. The van der Waals surface area contributed by atoms with E-state index < -0.39 is 0 Å². The number of benzene rings is 9. The average Bonchev–Trinajstić information content (AvgIpc) is 3.99. The van der Waals surface area contributed by atoms with E-state index in [2.05, 4.69) is 203 Å². The maximum atomic E-state index is 6.74. The second-order valence-corrected chi connectivity index (χ2v) is 17.1. The van der Waals surface area contributed by atoms with Gasteiger partial charge in [-0.1, -0.05) is 127 Å². The molecule has 0 N–H and O–H groups in total. The van der Waals surface area contributed by atoms with Crippen molar-refractivity contribution in [1.29, 1.82) is 0 Å². The minimum atomic E-state index is 0.663. The number of fused-ring (bicyclic) bond motifs is 12. The molecule has 0 atom stereocenters. The number of hydrogen-bond donors (Lipinski definition) is 0. The number of thiophene rings is 1. The Balaban J connectivity index is 0.975. The van der Waals surface area contributed by atoms with Crippen molar-refractivity contribution >= 4 is 86.0 Å². The molecule has 288 valence electrons. The topological polar surface area (TPSA) is 44.9 Å². The number of ether oxygens (including phenoxy) is 1. The predicted octanol–water partition coefficient (Wildman–Crippen LogP) is 15.3. The lowest BCUT2D eigenvalue weighted by molar-refractivity contribution is 0.487. The third kappa shape index (κ3) is 4.72. The monoisotopic (exact) mass is 808 g/mol. The highest BCUT2D eigenvalue weighted by molar-refractivity contribution is 7.26. The van der Waals surface area contributed by atoms with Crippen LogP contribution in [0.15, 0.2) is 194 Å². The Morgan fingerprint density at radius 1 is 0.403 bits per heavy atom. The van der Waals surface area contributed by atoms with Gasteiger partial charge >= 0.3 is 0 Å². The van der Waals surface area contributed by atoms with E-state index in [1.165, 1.54) is 37.5 Å². The molecule has 1 aliphatic heterocycles. The maximum Gasteiger partial charge on any atom is 0.235 e. The van der Waals surface area contributed by atoms with Crippen LogP contribution in [-0.2, 0) is 0 Å². The molecule has 62 heavy (non-hydrogen) atoms. The van der Waals surface area contributed by atoms with Crippen LogP contribution in [0.25, 0.3) is 120 Å². The van der Waals surface area contributed by atoms with Gasteiger partial charge in [0.15, 0.2) is 0 Å². The van der Waals surface area contributed by atoms with Gasteiger partial charge in [-0.3, -0.25) is 4.57 Å². The summed E-state index contributed by atoms with van der Waals surface area (Å²) in [6.07, 6.45) is 0. The molecule has 0 radical (unpaired) electrons. The van der Waals surface area contributed by atoms with Gasteiger partial charge in [0.05, 0.1) is 38.0 Å². The van der Waals surface area contributed by atoms with Crippen LogP contribution in [-0.4, -0.2) is 19.1 Å². The molecule has 0 spiro atoms. The number of rotatable bonds is 4. The third-order valence-electron chi connectivity index (χ3n) is 12.7. The molecule has 1 aliphatic rings. The summed E-state index contributed by atoms with van der Waals surface area (Å²) in [5, 5.41) is 8.25. The number of aromatic nitrogens is 4. The minimum absolute atomic E-state index is 0.663. The lowest BCUT2D eigenvalue weighted by Crippen LogP contribution is -2.02. The first-order valence-corrected chi connectivity index (χ1v) is 21.7. The van der Waals surface area contributed by atoms with Crippen LogP contribution in [0.4, 0.5) is 0 Å². The molecule has 0 aliphatic carbocycles. The van der Waals surface area contributed by atoms with Crippen LogP contribution >= 0.6 is 11.3 Å². The normalized spacial score (nSPS) is 12.3. The number of para-hydroxylation sites is 3. The van der Waals surface area contributed by atoms with Gasteiger partial charge in [0.1, 0.15) is 11.5 Å². The highest BCUT2D eigenvalue weighted by Crippen LogP contribution is 2.51. The Bertz CT molecular complexity index is 4010. The summed E-state index contributed by atoms with van der Waals surface area (Å²) < 4.78 is 13.7. The minimum Gasteiger partial charge on any atom is -0.456 e. The van der Waals surface area contributed by atoms with Crippen LogP contribution in [0.5, 0.6) is 11.5 Å². The Hall–Kier alpha value is -8.06. The van der Waals surface area contributed by atoms with Crippen molar-refractivity contribution in [2.24, 2.45) is 0 Å². The summed E-state index contributed by atoms with van der Waals surface area (Å²) in [5.74, 6) is 2.41. The second-order valence-electron chi connectivity index (χ2n) is 16.1. The van der Waals surface area contributed by atoms with Gasteiger partial charge in [-0.15, -0.1) is 11.3 Å². The van der Waals surface area contributed by atoms with E-state index in [0.717, 1.165) is 87.9 Å². The molecular weight excluding hydrogens is 777 g/mol. The highest BCUT2D eigenvalue weighted by Gasteiger charge is 2.26.